The minimum Gasteiger partial charge on any atom is -0.497 e. The van der Waals surface area contributed by atoms with Crippen molar-refractivity contribution in [2.45, 2.75) is 19.3 Å². The second-order valence-electron chi connectivity index (χ2n) is 5.62. The van der Waals surface area contributed by atoms with Gasteiger partial charge >= 0.3 is 0 Å². The maximum Gasteiger partial charge on any atom is 0.261 e. The Balaban J connectivity index is 1.54. The number of carbonyl (C=O) groups excluding carboxylic acids is 2. The van der Waals surface area contributed by atoms with Gasteiger partial charge in [-0.25, -0.2) is 0 Å². The molecule has 0 aliphatic carbocycles. The molecular formula is C19H19NO3. The standard InChI is InChI=1S/C19H19NO3/c1-23-15-9-6-8-14(13-15)7-4-5-12-20-18(21)16-10-2-3-11-17(16)19(20)22/h2-3,6,8-11,13H,4-5,7,12H2,1H3. The van der Waals surface area contributed by atoms with Gasteiger partial charge in [0.1, 0.15) is 5.75 Å². The molecule has 0 aromatic heterocycles. The summed E-state index contributed by atoms with van der Waals surface area (Å²) >= 11 is 0. The number of unbranched alkanes of at least 4 members (excludes halogenated alkanes) is 1. The molecule has 0 bridgehead atoms. The summed E-state index contributed by atoms with van der Waals surface area (Å²) in [7, 11) is 1.65. The number of nitrogens with zero attached hydrogens (tertiary/aromatic N) is 1. The topological polar surface area (TPSA) is 46.6 Å². The summed E-state index contributed by atoms with van der Waals surface area (Å²) in [6.07, 6.45) is 2.61. The summed E-state index contributed by atoms with van der Waals surface area (Å²) in [5, 5.41) is 0. The first kappa shape index (κ1) is 15.3. The van der Waals surface area contributed by atoms with Crippen LogP contribution in [0.25, 0.3) is 0 Å². The zero-order valence-corrected chi connectivity index (χ0v) is 13.1. The Bertz CT molecular complexity index is 704. The van der Waals surface area contributed by atoms with Crippen LogP contribution >= 0.6 is 0 Å². The molecule has 2 amide bonds. The number of aryl methyl sites for hydroxylation is 1. The number of rotatable bonds is 6. The molecule has 0 spiro atoms. The predicted molar refractivity (Wildman–Crippen MR) is 87.7 cm³/mol. The van der Waals surface area contributed by atoms with Crippen LogP contribution in [0.5, 0.6) is 5.75 Å². The van der Waals surface area contributed by atoms with Gasteiger partial charge in [0.15, 0.2) is 0 Å². The molecular weight excluding hydrogens is 290 g/mol. The number of hydrogen-bond donors (Lipinski definition) is 0. The van der Waals surface area contributed by atoms with E-state index in [1.54, 1.807) is 31.4 Å². The van der Waals surface area contributed by atoms with E-state index in [9.17, 15) is 9.59 Å². The SMILES string of the molecule is COc1cccc(CCCCN2C(=O)c3ccccc3C2=O)c1. The fourth-order valence-electron chi connectivity index (χ4n) is 2.87. The van der Waals surface area contributed by atoms with Crippen LogP contribution in [-0.4, -0.2) is 30.4 Å². The van der Waals surface area contributed by atoms with Crippen LogP contribution in [0, 0.1) is 0 Å². The van der Waals surface area contributed by atoms with Gasteiger partial charge in [-0.05, 0) is 49.1 Å². The van der Waals surface area contributed by atoms with Crippen molar-refractivity contribution in [2.75, 3.05) is 13.7 Å². The first-order valence-corrected chi connectivity index (χ1v) is 7.79. The molecule has 3 rings (SSSR count). The lowest BCUT2D eigenvalue weighted by molar-refractivity contribution is 0.0652. The van der Waals surface area contributed by atoms with Crippen LogP contribution in [0.1, 0.15) is 39.1 Å². The minimum absolute atomic E-state index is 0.174. The van der Waals surface area contributed by atoms with Gasteiger partial charge in [0.05, 0.1) is 18.2 Å². The summed E-state index contributed by atoms with van der Waals surface area (Å²) < 4.78 is 5.21. The highest BCUT2D eigenvalue weighted by Gasteiger charge is 2.34. The summed E-state index contributed by atoms with van der Waals surface area (Å²) in [5.74, 6) is 0.502. The van der Waals surface area contributed by atoms with Crippen molar-refractivity contribution in [3.63, 3.8) is 0 Å². The van der Waals surface area contributed by atoms with Gasteiger partial charge in [-0.2, -0.15) is 0 Å². The third kappa shape index (κ3) is 3.11. The first-order chi connectivity index (χ1) is 11.2. The lowest BCUT2D eigenvalue weighted by Gasteiger charge is -2.13. The maximum absolute atomic E-state index is 12.2. The molecule has 1 aliphatic heterocycles. The number of ether oxygens (including phenoxy) is 1. The van der Waals surface area contributed by atoms with Gasteiger partial charge in [-0.1, -0.05) is 24.3 Å². The van der Waals surface area contributed by atoms with E-state index >= 15 is 0 Å². The van der Waals surface area contributed by atoms with Gasteiger partial charge in [-0.15, -0.1) is 0 Å². The lowest BCUT2D eigenvalue weighted by Crippen LogP contribution is -2.30. The number of methoxy groups -OCH3 is 1. The third-order valence-corrected chi connectivity index (χ3v) is 4.11. The Morgan fingerprint density at radius 3 is 2.26 bits per heavy atom. The molecule has 1 heterocycles. The molecule has 0 N–H and O–H groups in total. The Kier molecular flexibility index (Phi) is 4.42. The molecule has 2 aromatic carbocycles. The highest BCUT2D eigenvalue weighted by Crippen LogP contribution is 2.23. The summed E-state index contributed by atoms with van der Waals surface area (Å²) in [5.41, 5.74) is 2.24. The number of hydrogen-bond acceptors (Lipinski definition) is 3. The van der Waals surface area contributed by atoms with Crippen molar-refractivity contribution in [1.29, 1.82) is 0 Å². The average molecular weight is 309 g/mol. The van der Waals surface area contributed by atoms with Crippen molar-refractivity contribution >= 4 is 11.8 Å². The number of carbonyl (C=O) groups is 2. The molecule has 0 unspecified atom stereocenters. The third-order valence-electron chi connectivity index (χ3n) is 4.11. The van der Waals surface area contributed by atoms with Crippen molar-refractivity contribution < 1.29 is 14.3 Å². The van der Waals surface area contributed by atoms with Crippen molar-refractivity contribution in [3.8, 4) is 5.75 Å². The lowest BCUT2D eigenvalue weighted by atomic mass is 10.1. The van der Waals surface area contributed by atoms with Crippen LogP contribution in [0.15, 0.2) is 48.5 Å². The van der Waals surface area contributed by atoms with E-state index in [1.807, 2.05) is 18.2 Å². The molecule has 0 radical (unpaired) electrons. The summed E-state index contributed by atoms with van der Waals surface area (Å²) in [4.78, 5) is 25.8. The highest BCUT2D eigenvalue weighted by atomic mass is 16.5. The van der Waals surface area contributed by atoms with Crippen LogP contribution in [-0.2, 0) is 6.42 Å². The van der Waals surface area contributed by atoms with E-state index in [0.29, 0.717) is 17.7 Å². The van der Waals surface area contributed by atoms with Crippen molar-refractivity contribution in [1.82, 2.24) is 4.90 Å². The van der Waals surface area contributed by atoms with Crippen LogP contribution in [0.4, 0.5) is 0 Å². The van der Waals surface area contributed by atoms with Gasteiger partial charge in [0.25, 0.3) is 11.8 Å². The second kappa shape index (κ2) is 6.65. The Labute approximate surface area is 135 Å². The number of imide groups is 1. The molecule has 1 aliphatic rings. The minimum atomic E-state index is -0.174. The Morgan fingerprint density at radius 2 is 1.61 bits per heavy atom. The monoisotopic (exact) mass is 309 g/mol. The maximum atomic E-state index is 12.2. The first-order valence-electron chi connectivity index (χ1n) is 7.79. The van der Waals surface area contributed by atoms with Gasteiger partial charge in [0, 0.05) is 6.54 Å². The molecule has 0 saturated heterocycles. The molecule has 118 valence electrons. The average Bonchev–Trinajstić information content (AvgIpc) is 2.84. The summed E-state index contributed by atoms with van der Waals surface area (Å²) in [6, 6.07) is 15.0. The quantitative estimate of drug-likeness (QED) is 0.607. The highest BCUT2D eigenvalue weighted by molar-refractivity contribution is 6.21. The van der Waals surface area contributed by atoms with Crippen LogP contribution < -0.4 is 4.74 Å². The smallest absolute Gasteiger partial charge is 0.261 e. The number of fused-ring (bicyclic) bond motifs is 1. The van der Waals surface area contributed by atoms with E-state index in [0.717, 1.165) is 25.0 Å². The normalized spacial score (nSPS) is 13.3. The van der Waals surface area contributed by atoms with Crippen LogP contribution in [0.3, 0.4) is 0 Å². The fourth-order valence-corrected chi connectivity index (χ4v) is 2.87. The zero-order valence-electron chi connectivity index (χ0n) is 13.1. The number of benzene rings is 2. The molecule has 23 heavy (non-hydrogen) atoms. The molecule has 0 atom stereocenters. The molecule has 0 saturated carbocycles. The van der Waals surface area contributed by atoms with E-state index in [4.69, 9.17) is 4.74 Å². The van der Waals surface area contributed by atoms with E-state index in [-0.39, 0.29) is 11.8 Å². The van der Waals surface area contributed by atoms with Gasteiger partial charge < -0.3 is 4.74 Å². The molecule has 0 fully saturated rings. The van der Waals surface area contributed by atoms with E-state index < -0.39 is 0 Å². The summed E-state index contributed by atoms with van der Waals surface area (Å²) in [6.45, 7) is 0.469. The van der Waals surface area contributed by atoms with Crippen LogP contribution in [0.2, 0.25) is 0 Å². The molecule has 4 nitrogen and oxygen atoms in total. The van der Waals surface area contributed by atoms with Crippen molar-refractivity contribution in [3.05, 3.63) is 65.2 Å². The van der Waals surface area contributed by atoms with Gasteiger partial charge in [-0.3, -0.25) is 14.5 Å². The molecule has 2 aromatic rings. The fraction of sp³-hybridized carbons (Fsp3) is 0.263. The Hall–Kier alpha value is -2.62. The Morgan fingerprint density at radius 1 is 0.913 bits per heavy atom. The largest absolute Gasteiger partial charge is 0.497 e. The van der Waals surface area contributed by atoms with Gasteiger partial charge in [0.2, 0.25) is 0 Å². The van der Waals surface area contributed by atoms with Crippen molar-refractivity contribution in [2.24, 2.45) is 0 Å². The van der Waals surface area contributed by atoms with E-state index in [1.165, 1.54) is 10.5 Å². The second-order valence-corrected chi connectivity index (χ2v) is 5.62. The number of amides is 2. The zero-order chi connectivity index (χ0) is 16.2. The molecule has 4 heteroatoms. The van der Waals surface area contributed by atoms with E-state index in [2.05, 4.69) is 6.07 Å². The predicted octanol–water partition coefficient (Wildman–Crippen LogP) is 3.31.